The SMILES string of the molecule is COc1ccc(N2C(=O)C(=O)/C(=C(\O)c3cccc(OCC(C)C)c3)C2c2cccc(O)c2)cc1. The van der Waals surface area contributed by atoms with Gasteiger partial charge in [0.15, 0.2) is 0 Å². The van der Waals surface area contributed by atoms with Crippen molar-refractivity contribution in [3.05, 3.63) is 89.5 Å². The molecule has 7 heteroatoms. The number of carbonyl (C=O) groups is 2. The molecule has 1 amide bonds. The quantitative estimate of drug-likeness (QED) is 0.283. The summed E-state index contributed by atoms with van der Waals surface area (Å²) in [6, 6.07) is 18.8. The van der Waals surface area contributed by atoms with Gasteiger partial charge in [0, 0.05) is 11.3 Å². The van der Waals surface area contributed by atoms with Crippen LogP contribution in [-0.2, 0) is 9.59 Å². The first kappa shape index (κ1) is 23.9. The Labute approximate surface area is 203 Å². The lowest BCUT2D eigenvalue weighted by molar-refractivity contribution is -0.132. The second-order valence-corrected chi connectivity index (χ2v) is 8.69. The summed E-state index contributed by atoms with van der Waals surface area (Å²) < 4.78 is 11.0. The van der Waals surface area contributed by atoms with Crippen LogP contribution < -0.4 is 14.4 Å². The van der Waals surface area contributed by atoms with Gasteiger partial charge in [0.05, 0.1) is 25.3 Å². The molecular formula is C28H27NO6. The van der Waals surface area contributed by atoms with E-state index in [1.807, 2.05) is 13.8 Å². The van der Waals surface area contributed by atoms with E-state index in [1.54, 1.807) is 60.7 Å². The number of rotatable bonds is 7. The molecule has 1 atom stereocenters. The molecule has 0 aliphatic carbocycles. The smallest absolute Gasteiger partial charge is 0.300 e. The van der Waals surface area contributed by atoms with E-state index in [0.717, 1.165) is 0 Å². The third kappa shape index (κ3) is 4.84. The highest BCUT2D eigenvalue weighted by atomic mass is 16.5. The molecule has 1 saturated heterocycles. The molecule has 1 aliphatic rings. The molecule has 1 unspecified atom stereocenters. The number of ether oxygens (including phenoxy) is 2. The molecule has 0 aromatic heterocycles. The van der Waals surface area contributed by atoms with E-state index >= 15 is 0 Å². The molecule has 0 radical (unpaired) electrons. The number of nitrogens with zero attached hydrogens (tertiary/aromatic N) is 1. The zero-order valence-electron chi connectivity index (χ0n) is 19.8. The summed E-state index contributed by atoms with van der Waals surface area (Å²) >= 11 is 0. The Morgan fingerprint density at radius 3 is 2.34 bits per heavy atom. The molecule has 7 nitrogen and oxygen atoms in total. The highest BCUT2D eigenvalue weighted by Crippen LogP contribution is 2.43. The van der Waals surface area contributed by atoms with Gasteiger partial charge in [-0.25, -0.2) is 0 Å². The fourth-order valence-corrected chi connectivity index (χ4v) is 4.00. The van der Waals surface area contributed by atoms with Crippen LogP contribution in [0.15, 0.2) is 78.4 Å². The lowest BCUT2D eigenvalue weighted by Crippen LogP contribution is -2.29. The maximum absolute atomic E-state index is 13.3. The molecule has 4 rings (SSSR count). The number of hydrogen-bond acceptors (Lipinski definition) is 6. The van der Waals surface area contributed by atoms with Crippen LogP contribution in [0.25, 0.3) is 5.76 Å². The number of hydrogen-bond donors (Lipinski definition) is 2. The number of aliphatic hydroxyl groups excluding tert-OH is 1. The second-order valence-electron chi connectivity index (χ2n) is 8.69. The molecule has 3 aromatic carbocycles. The largest absolute Gasteiger partial charge is 0.508 e. The van der Waals surface area contributed by atoms with Gasteiger partial charge in [-0.05, 0) is 60.0 Å². The van der Waals surface area contributed by atoms with E-state index in [9.17, 15) is 19.8 Å². The molecule has 35 heavy (non-hydrogen) atoms. The van der Waals surface area contributed by atoms with Gasteiger partial charge in [0.25, 0.3) is 11.7 Å². The van der Waals surface area contributed by atoms with E-state index in [1.165, 1.54) is 24.1 Å². The van der Waals surface area contributed by atoms with Gasteiger partial charge in [0.2, 0.25) is 0 Å². The van der Waals surface area contributed by atoms with Gasteiger partial charge in [-0.3, -0.25) is 14.5 Å². The molecule has 1 fully saturated rings. The second kappa shape index (κ2) is 9.93. The Morgan fingerprint density at radius 1 is 0.971 bits per heavy atom. The Bertz CT molecular complexity index is 1280. The zero-order chi connectivity index (χ0) is 25.1. The van der Waals surface area contributed by atoms with Crippen LogP contribution in [0.4, 0.5) is 5.69 Å². The Kier molecular flexibility index (Phi) is 6.78. The summed E-state index contributed by atoms with van der Waals surface area (Å²) in [5, 5.41) is 21.4. The fraction of sp³-hybridized carbons (Fsp3) is 0.214. The van der Waals surface area contributed by atoms with Crippen LogP contribution in [0.1, 0.15) is 31.0 Å². The number of Topliss-reactive ketones (excluding diaryl/α,β-unsaturated/α-hetero) is 1. The van der Waals surface area contributed by atoms with Gasteiger partial charge in [-0.1, -0.05) is 38.1 Å². The first-order valence-electron chi connectivity index (χ1n) is 11.3. The van der Waals surface area contributed by atoms with Crippen LogP contribution in [0.2, 0.25) is 0 Å². The van der Waals surface area contributed by atoms with Gasteiger partial charge < -0.3 is 19.7 Å². The minimum Gasteiger partial charge on any atom is -0.508 e. The van der Waals surface area contributed by atoms with E-state index in [0.29, 0.717) is 40.8 Å². The first-order chi connectivity index (χ1) is 16.8. The van der Waals surface area contributed by atoms with E-state index in [4.69, 9.17) is 9.47 Å². The number of carbonyl (C=O) groups excluding carboxylic acids is 2. The third-order valence-corrected chi connectivity index (χ3v) is 5.67. The molecule has 2 N–H and O–H groups in total. The van der Waals surface area contributed by atoms with Gasteiger partial charge >= 0.3 is 0 Å². The van der Waals surface area contributed by atoms with Crippen molar-refractivity contribution in [2.75, 3.05) is 18.6 Å². The van der Waals surface area contributed by atoms with Crippen LogP contribution in [0.5, 0.6) is 17.2 Å². The molecule has 0 saturated carbocycles. The van der Waals surface area contributed by atoms with E-state index in [-0.39, 0.29) is 17.1 Å². The van der Waals surface area contributed by atoms with Crippen LogP contribution >= 0.6 is 0 Å². The van der Waals surface area contributed by atoms with Crippen LogP contribution in [0, 0.1) is 5.92 Å². The van der Waals surface area contributed by atoms with Crippen LogP contribution in [-0.4, -0.2) is 35.6 Å². The number of ketones is 1. The highest BCUT2D eigenvalue weighted by molar-refractivity contribution is 6.51. The number of phenols is 1. The zero-order valence-corrected chi connectivity index (χ0v) is 19.8. The number of amides is 1. The minimum atomic E-state index is -0.948. The monoisotopic (exact) mass is 473 g/mol. The molecule has 1 heterocycles. The summed E-state index contributed by atoms with van der Waals surface area (Å²) in [5.41, 5.74) is 1.21. The predicted molar refractivity (Wildman–Crippen MR) is 133 cm³/mol. The molecular weight excluding hydrogens is 446 g/mol. The minimum absolute atomic E-state index is 0.0214. The molecule has 0 bridgehead atoms. The summed E-state index contributed by atoms with van der Waals surface area (Å²) in [5.74, 6) is -0.488. The van der Waals surface area contributed by atoms with Crippen molar-refractivity contribution in [1.29, 1.82) is 0 Å². The van der Waals surface area contributed by atoms with Gasteiger partial charge in [-0.2, -0.15) is 0 Å². The van der Waals surface area contributed by atoms with Crippen molar-refractivity contribution < 1.29 is 29.3 Å². The normalized spacial score (nSPS) is 17.1. The Balaban J connectivity index is 1.85. The fourth-order valence-electron chi connectivity index (χ4n) is 4.00. The van der Waals surface area contributed by atoms with E-state index in [2.05, 4.69) is 0 Å². The molecule has 180 valence electrons. The van der Waals surface area contributed by atoms with Crippen molar-refractivity contribution in [1.82, 2.24) is 0 Å². The van der Waals surface area contributed by atoms with Crippen molar-refractivity contribution in [3.8, 4) is 17.2 Å². The Morgan fingerprint density at radius 2 is 1.69 bits per heavy atom. The maximum atomic E-state index is 13.3. The number of phenolic OH excluding ortho intramolecular Hbond substituents is 1. The summed E-state index contributed by atoms with van der Waals surface area (Å²) in [6.45, 7) is 4.55. The summed E-state index contributed by atoms with van der Waals surface area (Å²) in [7, 11) is 1.53. The van der Waals surface area contributed by atoms with E-state index < -0.39 is 17.7 Å². The summed E-state index contributed by atoms with van der Waals surface area (Å²) in [6.07, 6.45) is 0. The lowest BCUT2D eigenvalue weighted by atomic mass is 9.95. The first-order valence-corrected chi connectivity index (χ1v) is 11.3. The number of anilines is 1. The van der Waals surface area contributed by atoms with Crippen molar-refractivity contribution >= 4 is 23.1 Å². The standard InChI is InChI=1S/C28H27NO6/c1-17(2)16-35-23-9-5-7-19(15-23)26(31)24-25(18-6-4-8-21(30)14-18)29(28(33)27(24)32)20-10-12-22(34-3)13-11-20/h4-15,17,25,30-31H,16H2,1-3H3/b26-24-. The highest BCUT2D eigenvalue weighted by Gasteiger charge is 2.47. The maximum Gasteiger partial charge on any atom is 0.300 e. The predicted octanol–water partition coefficient (Wildman–Crippen LogP) is 5.06. The average molecular weight is 474 g/mol. The number of benzene rings is 3. The number of aromatic hydroxyl groups is 1. The topological polar surface area (TPSA) is 96.3 Å². The van der Waals surface area contributed by atoms with Crippen LogP contribution in [0.3, 0.4) is 0 Å². The summed E-state index contributed by atoms with van der Waals surface area (Å²) in [4.78, 5) is 27.8. The van der Waals surface area contributed by atoms with Gasteiger partial charge in [-0.15, -0.1) is 0 Å². The molecule has 1 aliphatic heterocycles. The number of methoxy groups -OCH3 is 1. The van der Waals surface area contributed by atoms with Crippen molar-refractivity contribution in [3.63, 3.8) is 0 Å². The van der Waals surface area contributed by atoms with Gasteiger partial charge in [0.1, 0.15) is 23.0 Å². The molecule has 0 spiro atoms. The van der Waals surface area contributed by atoms with Crippen molar-refractivity contribution in [2.45, 2.75) is 19.9 Å². The Hall–Kier alpha value is -4.26. The van der Waals surface area contributed by atoms with Crippen molar-refractivity contribution in [2.24, 2.45) is 5.92 Å². The molecule has 3 aromatic rings. The lowest BCUT2D eigenvalue weighted by Gasteiger charge is -2.25. The number of aliphatic hydroxyl groups is 1. The average Bonchev–Trinajstić information content (AvgIpc) is 3.13. The third-order valence-electron chi connectivity index (χ3n) is 5.67.